The van der Waals surface area contributed by atoms with Crippen molar-refractivity contribution >= 4 is 17.7 Å². The molecule has 1 N–H and O–H groups in total. The van der Waals surface area contributed by atoms with Crippen molar-refractivity contribution in [3.8, 4) is 11.1 Å². The number of benzene rings is 2. The summed E-state index contributed by atoms with van der Waals surface area (Å²) >= 11 is 0. The van der Waals surface area contributed by atoms with Gasteiger partial charge < -0.3 is 15.1 Å². The number of hydrogen-bond donors (Lipinski definition) is 1. The summed E-state index contributed by atoms with van der Waals surface area (Å²) in [6.07, 6.45) is 2.18. The summed E-state index contributed by atoms with van der Waals surface area (Å²) in [4.78, 5) is 41.6. The molecule has 0 aliphatic carbocycles. The van der Waals surface area contributed by atoms with Gasteiger partial charge in [0, 0.05) is 39.6 Å². The Morgan fingerprint density at radius 3 is 2.36 bits per heavy atom. The van der Waals surface area contributed by atoms with Crippen molar-refractivity contribution < 1.29 is 14.4 Å². The van der Waals surface area contributed by atoms with Crippen LogP contribution < -0.4 is 5.32 Å². The predicted octanol–water partition coefficient (Wildman–Crippen LogP) is 3.12. The molecule has 2 aromatic carbocycles. The zero-order chi connectivity index (χ0) is 23.4. The quantitative estimate of drug-likeness (QED) is 0.740. The van der Waals surface area contributed by atoms with Gasteiger partial charge in [0.05, 0.1) is 11.3 Å². The van der Waals surface area contributed by atoms with E-state index in [9.17, 15) is 14.4 Å². The summed E-state index contributed by atoms with van der Waals surface area (Å²) in [6, 6.07) is 18.7. The molecule has 3 amide bonds. The van der Waals surface area contributed by atoms with Gasteiger partial charge in [-0.1, -0.05) is 54.6 Å². The third-order valence-corrected chi connectivity index (χ3v) is 7.12. The molecule has 0 unspecified atom stereocenters. The number of carbonyl (C=O) groups excluding carboxylic acids is 3. The van der Waals surface area contributed by atoms with Crippen molar-refractivity contribution in [1.82, 2.24) is 15.1 Å². The van der Waals surface area contributed by atoms with E-state index in [0.29, 0.717) is 51.9 Å². The van der Waals surface area contributed by atoms with Gasteiger partial charge in [-0.15, -0.1) is 0 Å². The molecular formula is C27H33N3O3. The Morgan fingerprint density at radius 1 is 1.03 bits per heavy atom. The lowest BCUT2D eigenvalue weighted by Crippen LogP contribution is -2.52. The summed E-state index contributed by atoms with van der Waals surface area (Å²) in [5.74, 6) is -0.122. The molecule has 33 heavy (non-hydrogen) atoms. The lowest BCUT2D eigenvalue weighted by atomic mass is 9.72. The molecule has 1 atom stereocenters. The van der Waals surface area contributed by atoms with Gasteiger partial charge in [-0.2, -0.15) is 0 Å². The highest BCUT2D eigenvalue weighted by atomic mass is 16.2. The van der Waals surface area contributed by atoms with Gasteiger partial charge in [0.15, 0.2) is 0 Å². The van der Waals surface area contributed by atoms with Crippen LogP contribution in [0.5, 0.6) is 0 Å². The molecule has 0 radical (unpaired) electrons. The Balaban J connectivity index is 1.50. The highest BCUT2D eigenvalue weighted by Crippen LogP contribution is 2.37. The van der Waals surface area contributed by atoms with Gasteiger partial charge in [-0.3, -0.25) is 14.4 Å². The summed E-state index contributed by atoms with van der Waals surface area (Å²) < 4.78 is 0. The van der Waals surface area contributed by atoms with Crippen LogP contribution in [0.4, 0.5) is 0 Å². The Hall–Kier alpha value is -3.15. The number of rotatable bonds is 6. The first-order chi connectivity index (χ1) is 15.9. The number of likely N-dealkylation sites (tertiary alicyclic amines) is 2. The van der Waals surface area contributed by atoms with Crippen LogP contribution >= 0.6 is 0 Å². The summed E-state index contributed by atoms with van der Waals surface area (Å²) in [5.41, 5.74) is 2.89. The third-order valence-electron chi connectivity index (χ3n) is 7.12. The van der Waals surface area contributed by atoms with Crippen molar-refractivity contribution in [2.75, 3.05) is 33.2 Å². The maximum absolute atomic E-state index is 13.2. The molecule has 2 aliphatic rings. The molecule has 174 valence electrons. The van der Waals surface area contributed by atoms with E-state index in [-0.39, 0.29) is 23.6 Å². The first-order valence-corrected chi connectivity index (χ1v) is 11.9. The maximum atomic E-state index is 13.2. The molecule has 2 fully saturated rings. The summed E-state index contributed by atoms with van der Waals surface area (Å²) in [6.45, 7) is 4.10. The molecule has 6 heteroatoms. The lowest BCUT2D eigenvalue weighted by Gasteiger charge is -2.41. The SMILES string of the molecule is CCNC(=O)C1(Cc2cccc(-c3ccccc3)c2)CCN(C(=O)[C@@H]2CC(=O)N(C)C2)CC1. The second-order valence-electron chi connectivity index (χ2n) is 9.38. The third kappa shape index (κ3) is 4.95. The minimum Gasteiger partial charge on any atom is -0.356 e. The van der Waals surface area contributed by atoms with E-state index in [1.54, 1.807) is 11.9 Å². The van der Waals surface area contributed by atoms with Crippen molar-refractivity contribution in [1.29, 1.82) is 0 Å². The van der Waals surface area contributed by atoms with E-state index in [2.05, 4.69) is 41.7 Å². The van der Waals surface area contributed by atoms with Crippen LogP contribution in [-0.2, 0) is 20.8 Å². The van der Waals surface area contributed by atoms with E-state index in [0.717, 1.165) is 16.7 Å². The zero-order valence-corrected chi connectivity index (χ0v) is 19.5. The van der Waals surface area contributed by atoms with Gasteiger partial charge in [0.25, 0.3) is 0 Å². The Bertz CT molecular complexity index is 1010. The van der Waals surface area contributed by atoms with E-state index in [1.165, 1.54) is 0 Å². The van der Waals surface area contributed by atoms with Crippen molar-refractivity contribution in [2.45, 2.75) is 32.6 Å². The molecule has 0 saturated carbocycles. The Kier molecular flexibility index (Phi) is 6.82. The van der Waals surface area contributed by atoms with Crippen LogP contribution in [0.15, 0.2) is 54.6 Å². The minimum absolute atomic E-state index is 0.0281. The molecule has 6 nitrogen and oxygen atoms in total. The molecule has 0 aromatic heterocycles. The largest absolute Gasteiger partial charge is 0.356 e. The van der Waals surface area contributed by atoms with Crippen molar-refractivity contribution in [2.24, 2.45) is 11.3 Å². The molecule has 2 saturated heterocycles. The van der Waals surface area contributed by atoms with Crippen molar-refractivity contribution in [3.05, 3.63) is 60.2 Å². The van der Waals surface area contributed by atoms with Crippen LogP contribution in [0.1, 0.15) is 31.7 Å². The number of carbonyl (C=O) groups is 3. The van der Waals surface area contributed by atoms with Crippen LogP contribution in [0, 0.1) is 11.3 Å². The number of nitrogens with zero attached hydrogens (tertiary/aromatic N) is 2. The molecule has 2 heterocycles. The number of nitrogens with one attached hydrogen (secondary N) is 1. The van der Waals surface area contributed by atoms with E-state index in [1.807, 2.05) is 30.0 Å². The monoisotopic (exact) mass is 447 g/mol. The highest BCUT2D eigenvalue weighted by Gasteiger charge is 2.44. The zero-order valence-electron chi connectivity index (χ0n) is 19.5. The normalized spacial score (nSPS) is 20.1. The van der Waals surface area contributed by atoms with Gasteiger partial charge in [0.1, 0.15) is 0 Å². The van der Waals surface area contributed by atoms with E-state index in [4.69, 9.17) is 0 Å². The summed E-state index contributed by atoms with van der Waals surface area (Å²) in [5, 5.41) is 3.04. The second-order valence-corrected chi connectivity index (χ2v) is 9.38. The fraction of sp³-hybridized carbons (Fsp3) is 0.444. The van der Waals surface area contributed by atoms with Crippen molar-refractivity contribution in [3.63, 3.8) is 0 Å². The molecule has 0 spiro atoms. The number of hydrogen-bond acceptors (Lipinski definition) is 3. The molecule has 2 aliphatic heterocycles. The summed E-state index contributed by atoms with van der Waals surface area (Å²) in [7, 11) is 1.75. The first kappa shape index (κ1) is 23.0. The van der Waals surface area contributed by atoms with Gasteiger partial charge in [0.2, 0.25) is 17.7 Å². The van der Waals surface area contributed by atoms with Gasteiger partial charge in [-0.05, 0) is 42.9 Å². The van der Waals surface area contributed by atoms with Crippen LogP contribution in [0.3, 0.4) is 0 Å². The fourth-order valence-electron chi connectivity index (χ4n) is 5.16. The molecule has 2 aromatic rings. The average molecular weight is 448 g/mol. The van der Waals surface area contributed by atoms with Crippen LogP contribution in [-0.4, -0.2) is 60.7 Å². The van der Waals surface area contributed by atoms with Gasteiger partial charge >= 0.3 is 0 Å². The molecular weight excluding hydrogens is 414 g/mol. The smallest absolute Gasteiger partial charge is 0.227 e. The molecule has 4 rings (SSSR count). The molecule has 0 bridgehead atoms. The van der Waals surface area contributed by atoms with Gasteiger partial charge in [-0.25, -0.2) is 0 Å². The number of piperidine rings is 1. The lowest BCUT2D eigenvalue weighted by molar-refractivity contribution is -0.143. The predicted molar refractivity (Wildman–Crippen MR) is 128 cm³/mol. The first-order valence-electron chi connectivity index (χ1n) is 11.9. The van der Waals surface area contributed by atoms with E-state index < -0.39 is 5.41 Å². The Labute approximate surface area is 196 Å². The fourth-order valence-corrected chi connectivity index (χ4v) is 5.16. The second kappa shape index (κ2) is 9.77. The topological polar surface area (TPSA) is 69.7 Å². The Morgan fingerprint density at radius 2 is 1.73 bits per heavy atom. The van der Waals surface area contributed by atoms with Crippen LogP contribution in [0.2, 0.25) is 0 Å². The number of amides is 3. The maximum Gasteiger partial charge on any atom is 0.227 e. The highest BCUT2D eigenvalue weighted by molar-refractivity contribution is 5.89. The van der Waals surface area contributed by atoms with Crippen LogP contribution in [0.25, 0.3) is 11.1 Å². The van der Waals surface area contributed by atoms with E-state index >= 15 is 0 Å². The minimum atomic E-state index is -0.537. The standard InChI is InChI=1S/C27H33N3O3/c1-3-28-26(33)27(18-20-8-7-11-22(16-20)21-9-5-4-6-10-21)12-14-30(15-13-27)25(32)23-17-24(31)29(2)19-23/h4-11,16,23H,3,12-15,17-19H2,1-2H3,(H,28,33)/t23-/m1/s1. The average Bonchev–Trinajstić information content (AvgIpc) is 3.18.